The van der Waals surface area contributed by atoms with E-state index in [4.69, 9.17) is 4.74 Å². The zero-order chi connectivity index (χ0) is 16.3. The minimum atomic E-state index is 0. The van der Waals surface area contributed by atoms with Gasteiger partial charge in [-0.2, -0.15) is 0 Å². The Morgan fingerprint density at radius 1 is 1.25 bits per heavy atom. The lowest BCUT2D eigenvalue weighted by molar-refractivity contribution is 0.0607. The molecule has 1 amide bonds. The van der Waals surface area contributed by atoms with Crippen LogP contribution in [-0.4, -0.2) is 43.1 Å². The predicted octanol–water partition coefficient (Wildman–Crippen LogP) is 3.50. The van der Waals surface area contributed by atoms with Crippen molar-refractivity contribution in [2.24, 2.45) is 5.41 Å². The Hall–Kier alpha value is -1.26. The number of amides is 1. The number of carbonyl (C=O) groups is 1. The topological polar surface area (TPSA) is 41.6 Å². The summed E-state index contributed by atoms with van der Waals surface area (Å²) < 4.78 is 5.78. The molecule has 24 heavy (non-hydrogen) atoms. The van der Waals surface area contributed by atoms with Gasteiger partial charge in [0.1, 0.15) is 5.75 Å². The third-order valence-electron chi connectivity index (χ3n) is 5.46. The van der Waals surface area contributed by atoms with Gasteiger partial charge in [0.2, 0.25) is 0 Å². The van der Waals surface area contributed by atoms with Gasteiger partial charge in [-0.25, -0.2) is 0 Å². The van der Waals surface area contributed by atoms with Crippen LogP contribution < -0.4 is 10.1 Å². The highest BCUT2D eigenvalue weighted by atomic mass is 35.5. The van der Waals surface area contributed by atoms with Gasteiger partial charge in [0.25, 0.3) is 5.91 Å². The van der Waals surface area contributed by atoms with E-state index >= 15 is 0 Å². The Bertz CT molecular complexity index is 531. The molecular formula is C19H29ClN2O2. The highest BCUT2D eigenvalue weighted by Gasteiger charge is 2.38. The second kappa shape index (κ2) is 8.21. The van der Waals surface area contributed by atoms with Gasteiger partial charge in [-0.1, -0.05) is 6.92 Å². The summed E-state index contributed by atoms with van der Waals surface area (Å²) in [5, 5.41) is 3.47. The van der Waals surface area contributed by atoms with Crippen LogP contribution >= 0.6 is 12.4 Å². The van der Waals surface area contributed by atoms with Crippen molar-refractivity contribution in [1.29, 1.82) is 0 Å². The Kier molecular flexibility index (Phi) is 6.53. The number of halogens is 1. The average molecular weight is 353 g/mol. The maximum atomic E-state index is 12.7. The molecule has 0 bridgehead atoms. The van der Waals surface area contributed by atoms with E-state index in [1.165, 1.54) is 6.42 Å². The zero-order valence-corrected chi connectivity index (χ0v) is 15.5. The van der Waals surface area contributed by atoms with Crippen molar-refractivity contribution in [2.45, 2.75) is 45.6 Å². The zero-order valence-electron chi connectivity index (χ0n) is 14.7. The van der Waals surface area contributed by atoms with Crippen LogP contribution in [-0.2, 0) is 0 Å². The van der Waals surface area contributed by atoms with E-state index < -0.39 is 0 Å². The van der Waals surface area contributed by atoms with E-state index in [9.17, 15) is 4.79 Å². The molecule has 2 saturated heterocycles. The minimum Gasteiger partial charge on any atom is -0.491 e. The van der Waals surface area contributed by atoms with Crippen molar-refractivity contribution in [3.8, 4) is 5.75 Å². The van der Waals surface area contributed by atoms with Gasteiger partial charge in [-0.3, -0.25) is 4.79 Å². The summed E-state index contributed by atoms with van der Waals surface area (Å²) in [6.07, 6.45) is 4.69. The van der Waals surface area contributed by atoms with Crippen LogP contribution in [0.1, 0.15) is 49.9 Å². The number of hydrogen-bond donors (Lipinski definition) is 1. The fourth-order valence-corrected chi connectivity index (χ4v) is 3.58. The lowest BCUT2D eigenvalue weighted by Gasteiger charge is -2.38. The van der Waals surface area contributed by atoms with Crippen LogP contribution in [0.3, 0.4) is 0 Å². The molecule has 134 valence electrons. The summed E-state index contributed by atoms with van der Waals surface area (Å²) >= 11 is 0. The molecule has 0 aromatic heterocycles. The van der Waals surface area contributed by atoms with Gasteiger partial charge >= 0.3 is 0 Å². The monoisotopic (exact) mass is 352 g/mol. The molecule has 3 rings (SSSR count). The van der Waals surface area contributed by atoms with Crippen molar-refractivity contribution >= 4 is 18.3 Å². The quantitative estimate of drug-likeness (QED) is 0.901. The molecule has 1 N–H and O–H groups in total. The molecule has 1 aromatic rings. The normalized spacial score (nSPS) is 20.5. The van der Waals surface area contributed by atoms with E-state index in [-0.39, 0.29) is 24.4 Å². The van der Waals surface area contributed by atoms with Gasteiger partial charge in [-0.05, 0) is 68.8 Å². The number of rotatable bonds is 4. The Labute approximate surface area is 151 Å². The molecular weight excluding hydrogens is 324 g/mol. The third-order valence-corrected chi connectivity index (χ3v) is 5.46. The Balaban J connectivity index is 0.00000208. The lowest BCUT2D eigenvalue weighted by Crippen LogP contribution is -2.44. The summed E-state index contributed by atoms with van der Waals surface area (Å²) in [6, 6.07) is 7.60. The molecule has 0 aliphatic carbocycles. The van der Waals surface area contributed by atoms with Crippen molar-refractivity contribution in [2.75, 3.05) is 26.2 Å². The SMILES string of the molecule is CCC(C)Oc1ccc(C(=O)N2CCC3(CCNC3)CC2)cc1.Cl. The lowest BCUT2D eigenvalue weighted by atomic mass is 9.78. The second-order valence-electron chi connectivity index (χ2n) is 7.08. The minimum absolute atomic E-state index is 0. The molecule has 2 aliphatic rings. The van der Waals surface area contributed by atoms with Gasteiger partial charge in [0.05, 0.1) is 6.10 Å². The Morgan fingerprint density at radius 3 is 2.46 bits per heavy atom. The van der Waals surface area contributed by atoms with E-state index in [0.29, 0.717) is 5.41 Å². The van der Waals surface area contributed by atoms with Crippen molar-refractivity contribution in [3.05, 3.63) is 29.8 Å². The molecule has 5 heteroatoms. The highest BCUT2D eigenvalue weighted by molar-refractivity contribution is 5.94. The van der Waals surface area contributed by atoms with Crippen LogP contribution in [0.25, 0.3) is 0 Å². The second-order valence-corrected chi connectivity index (χ2v) is 7.08. The third kappa shape index (κ3) is 4.22. The number of nitrogens with one attached hydrogen (secondary N) is 1. The fraction of sp³-hybridized carbons (Fsp3) is 0.632. The number of hydrogen-bond acceptors (Lipinski definition) is 3. The molecule has 1 aromatic carbocycles. The largest absolute Gasteiger partial charge is 0.491 e. The molecule has 1 unspecified atom stereocenters. The van der Waals surface area contributed by atoms with Crippen LogP contribution in [0, 0.1) is 5.41 Å². The number of nitrogens with zero attached hydrogens (tertiary/aromatic N) is 1. The summed E-state index contributed by atoms with van der Waals surface area (Å²) in [5.41, 5.74) is 1.21. The average Bonchev–Trinajstić information content (AvgIpc) is 3.03. The first kappa shape index (κ1) is 19.1. The summed E-state index contributed by atoms with van der Waals surface area (Å²) in [4.78, 5) is 14.7. The summed E-state index contributed by atoms with van der Waals surface area (Å²) in [5.74, 6) is 0.992. The smallest absolute Gasteiger partial charge is 0.253 e. The van der Waals surface area contributed by atoms with Gasteiger partial charge < -0.3 is 15.0 Å². The molecule has 0 radical (unpaired) electrons. The van der Waals surface area contributed by atoms with Crippen molar-refractivity contribution < 1.29 is 9.53 Å². The van der Waals surface area contributed by atoms with E-state index in [1.54, 1.807) is 0 Å². The molecule has 2 aliphatic heterocycles. The maximum Gasteiger partial charge on any atom is 0.253 e. The molecule has 4 nitrogen and oxygen atoms in total. The number of piperidine rings is 1. The maximum absolute atomic E-state index is 12.7. The number of benzene rings is 1. The van der Waals surface area contributed by atoms with Crippen LogP contribution in [0.2, 0.25) is 0 Å². The first-order valence-electron chi connectivity index (χ1n) is 8.89. The molecule has 2 fully saturated rings. The predicted molar refractivity (Wildman–Crippen MR) is 99.1 cm³/mol. The number of likely N-dealkylation sites (tertiary alicyclic amines) is 1. The highest BCUT2D eigenvalue weighted by Crippen LogP contribution is 2.37. The number of ether oxygens (including phenoxy) is 1. The first-order valence-corrected chi connectivity index (χ1v) is 8.89. The van der Waals surface area contributed by atoms with E-state index in [0.717, 1.165) is 56.8 Å². The molecule has 1 atom stereocenters. The molecule has 2 heterocycles. The van der Waals surface area contributed by atoms with E-state index in [1.807, 2.05) is 29.2 Å². The van der Waals surface area contributed by atoms with Crippen LogP contribution in [0.15, 0.2) is 24.3 Å². The van der Waals surface area contributed by atoms with Crippen molar-refractivity contribution in [1.82, 2.24) is 10.2 Å². The fourth-order valence-electron chi connectivity index (χ4n) is 3.58. The standard InChI is InChI=1S/C19H28N2O2.ClH/c1-3-15(2)23-17-6-4-16(5-7-17)18(22)21-12-9-19(10-13-21)8-11-20-14-19;/h4-7,15,20H,3,8-14H2,1-2H3;1H. The first-order chi connectivity index (χ1) is 11.1. The van der Waals surface area contributed by atoms with Crippen molar-refractivity contribution in [3.63, 3.8) is 0 Å². The molecule has 0 saturated carbocycles. The molecule has 1 spiro atoms. The Morgan fingerprint density at radius 2 is 1.92 bits per heavy atom. The van der Waals surface area contributed by atoms with Gasteiger partial charge in [0, 0.05) is 25.2 Å². The van der Waals surface area contributed by atoms with Crippen LogP contribution in [0.5, 0.6) is 5.75 Å². The van der Waals surface area contributed by atoms with E-state index in [2.05, 4.69) is 19.2 Å². The van der Waals surface area contributed by atoms with Crippen LogP contribution in [0.4, 0.5) is 0 Å². The number of carbonyl (C=O) groups excluding carboxylic acids is 1. The van der Waals surface area contributed by atoms with Gasteiger partial charge in [0.15, 0.2) is 0 Å². The summed E-state index contributed by atoms with van der Waals surface area (Å²) in [7, 11) is 0. The van der Waals surface area contributed by atoms with Gasteiger partial charge in [-0.15, -0.1) is 12.4 Å². The summed E-state index contributed by atoms with van der Waals surface area (Å²) in [6.45, 7) is 8.17.